The topological polar surface area (TPSA) is 35.8 Å². The third-order valence-electron chi connectivity index (χ3n) is 3.48. The number of halogens is 3. The number of benzene rings is 3. The molecule has 3 aromatic rings. The van der Waals surface area contributed by atoms with Gasteiger partial charge in [-0.15, -0.1) is 0 Å². The standard InChI is InChI=1S/C19H11F3N2S/c20-16-7-6-14(8-13(16)11-23)25-24-19-9-15(17(21)10-18(19)22)12-4-2-1-3-5-12/h1-10,24H. The van der Waals surface area contributed by atoms with E-state index >= 15 is 0 Å². The van der Waals surface area contributed by atoms with Gasteiger partial charge in [-0.2, -0.15) is 5.26 Å². The first kappa shape index (κ1) is 16.9. The van der Waals surface area contributed by atoms with Gasteiger partial charge in [0.1, 0.15) is 23.5 Å². The van der Waals surface area contributed by atoms with Crippen molar-refractivity contribution in [3.63, 3.8) is 0 Å². The van der Waals surface area contributed by atoms with Crippen LogP contribution in [0.2, 0.25) is 0 Å². The smallest absolute Gasteiger partial charge is 0.150 e. The summed E-state index contributed by atoms with van der Waals surface area (Å²) in [6.45, 7) is 0. The van der Waals surface area contributed by atoms with Crippen LogP contribution >= 0.6 is 11.9 Å². The number of nitriles is 1. The summed E-state index contributed by atoms with van der Waals surface area (Å²) in [5.74, 6) is -2.02. The number of nitrogens with one attached hydrogen (secondary N) is 1. The molecule has 0 spiro atoms. The maximum absolute atomic E-state index is 14.1. The van der Waals surface area contributed by atoms with Crippen LogP contribution < -0.4 is 4.72 Å². The Morgan fingerprint density at radius 3 is 2.32 bits per heavy atom. The van der Waals surface area contributed by atoms with Gasteiger partial charge < -0.3 is 4.72 Å². The lowest BCUT2D eigenvalue weighted by Crippen LogP contribution is -1.95. The summed E-state index contributed by atoms with van der Waals surface area (Å²) in [6, 6.07) is 16.7. The third-order valence-corrected chi connectivity index (χ3v) is 4.29. The van der Waals surface area contributed by atoms with Gasteiger partial charge in [0.2, 0.25) is 0 Å². The molecule has 0 heterocycles. The van der Waals surface area contributed by atoms with Gasteiger partial charge >= 0.3 is 0 Å². The molecule has 0 aliphatic carbocycles. The van der Waals surface area contributed by atoms with E-state index in [0.29, 0.717) is 10.5 Å². The number of hydrogen-bond donors (Lipinski definition) is 1. The highest BCUT2D eigenvalue weighted by Gasteiger charge is 2.12. The molecule has 0 amide bonds. The van der Waals surface area contributed by atoms with Gasteiger partial charge in [-0.05, 0) is 41.8 Å². The molecule has 0 bridgehead atoms. The highest BCUT2D eigenvalue weighted by atomic mass is 32.2. The number of anilines is 1. The molecule has 0 atom stereocenters. The summed E-state index contributed by atoms with van der Waals surface area (Å²) in [5.41, 5.74) is 0.882. The van der Waals surface area contributed by atoms with Gasteiger partial charge in [-0.1, -0.05) is 30.3 Å². The molecule has 0 saturated heterocycles. The van der Waals surface area contributed by atoms with E-state index in [9.17, 15) is 13.2 Å². The van der Waals surface area contributed by atoms with Crippen molar-refractivity contribution in [2.75, 3.05) is 4.72 Å². The van der Waals surface area contributed by atoms with Gasteiger partial charge in [0.15, 0.2) is 0 Å². The highest BCUT2D eigenvalue weighted by molar-refractivity contribution is 8.00. The van der Waals surface area contributed by atoms with E-state index in [0.717, 1.165) is 18.0 Å². The Morgan fingerprint density at radius 2 is 1.60 bits per heavy atom. The molecular weight excluding hydrogens is 345 g/mol. The van der Waals surface area contributed by atoms with Crippen LogP contribution in [0.15, 0.2) is 65.6 Å². The van der Waals surface area contributed by atoms with E-state index < -0.39 is 17.5 Å². The normalized spacial score (nSPS) is 10.3. The molecule has 2 nitrogen and oxygen atoms in total. The molecular formula is C19H11F3N2S. The lowest BCUT2D eigenvalue weighted by atomic mass is 10.0. The molecule has 0 aliphatic heterocycles. The van der Waals surface area contributed by atoms with E-state index in [1.165, 1.54) is 24.3 Å². The Kier molecular flexibility index (Phi) is 4.96. The largest absolute Gasteiger partial charge is 0.323 e. The van der Waals surface area contributed by atoms with Crippen molar-refractivity contribution >= 4 is 17.6 Å². The van der Waals surface area contributed by atoms with Gasteiger partial charge in [-0.25, -0.2) is 13.2 Å². The third kappa shape index (κ3) is 3.78. The lowest BCUT2D eigenvalue weighted by Gasteiger charge is -2.11. The van der Waals surface area contributed by atoms with Crippen LogP contribution in [0.1, 0.15) is 5.56 Å². The maximum Gasteiger partial charge on any atom is 0.150 e. The first-order chi connectivity index (χ1) is 12.1. The molecule has 3 rings (SSSR count). The highest BCUT2D eigenvalue weighted by Crippen LogP contribution is 2.31. The molecule has 0 unspecified atom stereocenters. The second kappa shape index (κ2) is 7.32. The molecule has 3 aromatic carbocycles. The summed E-state index contributed by atoms with van der Waals surface area (Å²) in [7, 11) is 0. The zero-order chi connectivity index (χ0) is 17.8. The summed E-state index contributed by atoms with van der Waals surface area (Å²) < 4.78 is 44.2. The van der Waals surface area contributed by atoms with Gasteiger partial charge in [0.25, 0.3) is 0 Å². The van der Waals surface area contributed by atoms with Gasteiger partial charge in [0, 0.05) is 16.5 Å². The Balaban J connectivity index is 1.87. The van der Waals surface area contributed by atoms with E-state index in [2.05, 4.69) is 4.72 Å². The molecule has 0 saturated carbocycles. The second-order valence-corrected chi connectivity index (χ2v) is 6.02. The fourth-order valence-electron chi connectivity index (χ4n) is 2.23. The molecule has 0 radical (unpaired) electrons. The van der Waals surface area contributed by atoms with Crippen LogP contribution in [0.25, 0.3) is 11.1 Å². The van der Waals surface area contributed by atoms with Crippen molar-refractivity contribution in [1.82, 2.24) is 0 Å². The van der Waals surface area contributed by atoms with Crippen LogP contribution in [0, 0.1) is 28.8 Å². The Labute approximate surface area is 147 Å². The zero-order valence-corrected chi connectivity index (χ0v) is 13.6. The maximum atomic E-state index is 14.1. The van der Waals surface area contributed by atoms with Crippen molar-refractivity contribution in [3.05, 3.63) is 83.7 Å². The predicted molar refractivity (Wildman–Crippen MR) is 92.4 cm³/mol. The van der Waals surface area contributed by atoms with E-state index in [1.807, 2.05) is 0 Å². The quantitative estimate of drug-likeness (QED) is 0.604. The van der Waals surface area contributed by atoms with Crippen LogP contribution in [-0.2, 0) is 0 Å². The van der Waals surface area contributed by atoms with Crippen molar-refractivity contribution in [2.45, 2.75) is 4.90 Å². The number of hydrogen-bond acceptors (Lipinski definition) is 3. The van der Waals surface area contributed by atoms with Gasteiger partial charge in [-0.3, -0.25) is 0 Å². The molecule has 0 aliphatic rings. The van der Waals surface area contributed by atoms with Gasteiger partial charge in [0.05, 0.1) is 11.3 Å². The van der Waals surface area contributed by atoms with Crippen molar-refractivity contribution in [2.24, 2.45) is 0 Å². The van der Waals surface area contributed by atoms with Crippen LogP contribution in [0.4, 0.5) is 18.9 Å². The summed E-state index contributed by atoms with van der Waals surface area (Å²) in [5, 5.41) is 8.84. The predicted octanol–water partition coefficient (Wildman–Crippen LogP) is 5.76. The van der Waals surface area contributed by atoms with Crippen LogP contribution in [0.3, 0.4) is 0 Å². The average Bonchev–Trinajstić information content (AvgIpc) is 2.63. The minimum Gasteiger partial charge on any atom is -0.323 e. The minimum absolute atomic E-state index is 0.0908. The molecule has 0 fully saturated rings. The molecule has 1 N–H and O–H groups in total. The Hall–Kier alpha value is -2.91. The molecule has 25 heavy (non-hydrogen) atoms. The lowest BCUT2D eigenvalue weighted by molar-refractivity contribution is 0.588. The van der Waals surface area contributed by atoms with Crippen molar-refractivity contribution < 1.29 is 13.2 Å². The Morgan fingerprint density at radius 1 is 0.840 bits per heavy atom. The molecule has 0 aromatic heterocycles. The SMILES string of the molecule is N#Cc1cc(SNc2cc(-c3ccccc3)c(F)cc2F)ccc1F. The Bertz CT molecular complexity index is 953. The minimum atomic E-state index is -0.743. The van der Waals surface area contributed by atoms with Crippen LogP contribution in [-0.4, -0.2) is 0 Å². The fraction of sp³-hybridized carbons (Fsp3) is 0. The molecule has 124 valence electrons. The number of nitrogens with zero attached hydrogens (tertiary/aromatic N) is 1. The van der Waals surface area contributed by atoms with Crippen LogP contribution in [0.5, 0.6) is 0 Å². The average molecular weight is 356 g/mol. The summed E-state index contributed by atoms with van der Waals surface area (Å²) in [6.07, 6.45) is 0. The first-order valence-electron chi connectivity index (χ1n) is 7.25. The molecule has 6 heteroatoms. The van der Waals surface area contributed by atoms with Crippen molar-refractivity contribution in [1.29, 1.82) is 5.26 Å². The fourth-order valence-corrected chi connectivity index (χ4v) is 2.93. The second-order valence-electron chi connectivity index (χ2n) is 5.14. The monoisotopic (exact) mass is 356 g/mol. The van der Waals surface area contributed by atoms with E-state index in [-0.39, 0.29) is 16.8 Å². The summed E-state index contributed by atoms with van der Waals surface area (Å²) >= 11 is 1.01. The first-order valence-corrected chi connectivity index (χ1v) is 8.07. The summed E-state index contributed by atoms with van der Waals surface area (Å²) in [4.78, 5) is 0.530. The van der Waals surface area contributed by atoms with E-state index in [4.69, 9.17) is 5.26 Å². The zero-order valence-electron chi connectivity index (χ0n) is 12.8. The van der Waals surface area contributed by atoms with E-state index in [1.54, 1.807) is 36.4 Å². The van der Waals surface area contributed by atoms with Crippen molar-refractivity contribution in [3.8, 4) is 17.2 Å². The number of rotatable bonds is 4.